The molecule has 1 aliphatic carbocycles. The number of fused-ring (bicyclic) bond motifs is 3. The Kier molecular flexibility index (Phi) is 4.09. The van der Waals surface area contributed by atoms with E-state index < -0.39 is 0 Å². The fourth-order valence-corrected chi connectivity index (χ4v) is 4.58. The minimum atomic E-state index is 0.168. The largest absolute Gasteiger partial charge is 0.333 e. The van der Waals surface area contributed by atoms with E-state index in [1.807, 2.05) is 4.90 Å². The summed E-state index contributed by atoms with van der Waals surface area (Å²) in [4.78, 5) is 17.0. The van der Waals surface area contributed by atoms with Crippen LogP contribution in [-0.4, -0.2) is 22.9 Å². The Hall–Kier alpha value is -1.61. The molecule has 0 aliphatic heterocycles. The molecule has 0 spiro atoms. The molecular weight excluding hydrogens is 290 g/mol. The van der Waals surface area contributed by atoms with Gasteiger partial charge in [0.05, 0.1) is 4.88 Å². The van der Waals surface area contributed by atoms with Crippen LogP contribution in [0.1, 0.15) is 48.5 Å². The van der Waals surface area contributed by atoms with Gasteiger partial charge in [-0.15, -0.1) is 11.3 Å². The van der Waals surface area contributed by atoms with Crippen molar-refractivity contribution in [2.24, 2.45) is 0 Å². The van der Waals surface area contributed by atoms with E-state index in [1.54, 1.807) is 11.3 Å². The van der Waals surface area contributed by atoms with Crippen LogP contribution >= 0.6 is 11.3 Å². The molecule has 1 aromatic carbocycles. The Bertz CT molecular complexity index is 691. The average Bonchev–Trinajstić information content (AvgIpc) is 2.91. The maximum absolute atomic E-state index is 12.9. The molecule has 1 aromatic heterocycles. The first-order chi connectivity index (χ1) is 10.5. The molecule has 2 aromatic rings. The lowest BCUT2D eigenvalue weighted by molar-refractivity contribution is 0.0649. The summed E-state index contributed by atoms with van der Waals surface area (Å²) in [7, 11) is 0. The van der Waals surface area contributed by atoms with E-state index in [2.05, 4.69) is 58.0 Å². The fourth-order valence-electron chi connectivity index (χ4n) is 3.37. The molecular formula is C19H23NOS. The molecule has 0 unspecified atom stereocenters. The van der Waals surface area contributed by atoms with Crippen LogP contribution in [-0.2, 0) is 12.8 Å². The molecule has 0 bridgehead atoms. The Morgan fingerprint density at radius 3 is 2.36 bits per heavy atom. The Balaban J connectivity index is 1.99. The summed E-state index contributed by atoms with van der Waals surface area (Å²) in [5.41, 5.74) is 4.05. The molecule has 2 nitrogen and oxygen atoms in total. The lowest BCUT2D eigenvalue weighted by atomic mass is 9.91. The number of amides is 1. The summed E-state index contributed by atoms with van der Waals surface area (Å²) in [6.45, 7) is 8.34. The van der Waals surface area contributed by atoms with Crippen LogP contribution in [0.2, 0.25) is 0 Å². The van der Waals surface area contributed by atoms with Gasteiger partial charge in [0.2, 0.25) is 0 Å². The van der Waals surface area contributed by atoms with Crippen LogP contribution in [0.15, 0.2) is 30.3 Å². The highest BCUT2D eigenvalue weighted by Gasteiger charge is 2.26. The molecule has 0 N–H and O–H groups in total. The minimum Gasteiger partial charge on any atom is -0.333 e. The predicted molar refractivity (Wildman–Crippen MR) is 93.6 cm³/mol. The van der Waals surface area contributed by atoms with Crippen molar-refractivity contribution in [2.75, 3.05) is 0 Å². The van der Waals surface area contributed by atoms with Gasteiger partial charge >= 0.3 is 0 Å². The predicted octanol–water partition coefficient (Wildman–Crippen LogP) is 4.77. The number of hydrogen-bond acceptors (Lipinski definition) is 2. The van der Waals surface area contributed by atoms with E-state index in [-0.39, 0.29) is 18.0 Å². The summed E-state index contributed by atoms with van der Waals surface area (Å²) in [5.74, 6) is 0.168. The second-order valence-electron chi connectivity index (χ2n) is 6.52. The van der Waals surface area contributed by atoms with Crippen molar-refractivity contribution in [3.63, 3.8) is 0 Å². The normalized spacial score (nSPS) is 13.2. The van der Waals surface area contributed by atoms with E-state index >= 15 is 0 Å². The van der Waals surface area contributed by atoms with Gasteiger partial charge in [-0.05, 0) is 63.3 Å². The Labute approximate surface area is 136 Å². The summed E-state index contributed by atoms with van der Waals surface area (Å²) in [5, 5.41) is 0. The van der Waals surface area contributed by atoms with Gasteiger partial charge in [-0.25, -0.2) is 0 Å². The first-order valence-electron chi connectivity index (χ1n) is 8.02. The first kappa shape index (κ1) is 15.3. The minimum absolute atomic E-state index is 0.168. The average molecular weight is 313 g/mol. The van der Waals surface area contributed by atoms with Gasteiger partial charge in [0.1, 0.15) is 0 Å². The standard InChI is InChI=1S/C19H23NOS/c1-12(2)20(13(3)4)19(21)17-11-15-10-9-14-7-5-6-8-16(14)18(15)22-17/h5-8,11-13H,9-10H2,1-4H3. The molecule has 3 heteroatoms. The molecule has 1 aliphatic rings. The van der Waals surface area contributed by atoms with Crippen LogP contribution in [0.3, 0.4) is 0 Å². The lowest BCUT2D eigenvalue weighted by Crippen LogP contribution is -2.41. The zero-order chi connectivity index (χ0) is 15.9. The van der Waals surface area contributed by atoms with Crippen LogP contribution in [0.4, 0.5) is 0 Å². The molecule has 0 radical (unpaired) electrons. The van der Waals surface area contributed by atoms with Crippen molar-refractivity contribution in [3.8, 4) is 10.4 Å². The van der Waals surface area contributed by atoms with E-state index in [9.17, 15) is 4.79 Å². The third kappa shape index (κ3) is 2.58. The van der Waals surface area contributed by atoms with Crippen molar-refractivity contribution in [1.82, 2.24) is 4.90 Å². The summed E-state index contributed by atoms with van der Waals surface area (Å²) in [6.07, 6.45) is 2.12. The molecule has 22 heavy (non-hydrogen) atoms. The van der Waals surface area contributed by atoms with Gasteiger partial charge in [-0.3, -0.25) is 4.79 Å². The van der Waals surface area contributed by atoms with Crippen LogP contribution in [0, 0.1) is 0 Å². The van der Waals surface area contributed by atoms with Crippen molar-refractivity contribution < 1.29 is 4.79 Å². The van der Waals surface area contributed by atoms with Gasteiger partial charge in [0.25, 0.3) is 5.91 Å². The Morgan fingerprint density at radius 1 is 1.05 bits per heavy atom. The molecule has 0 fully saturated rings. The van der Waals surface area contributed by atoms with Gasteiger partial charge in [0, 0.05) is 17.0 Å². The van der Waals surface area contributed by atoms with E-state index in [1.165, 1.54) is 21.6 Å². The number of thiophene rings is 1. The van der Waals surface area contributed by atoms with Crippen molar-refractivity contribution in [3.05, 3.63) is 46.3 Å². The number of aryl methyl sites for hydroxylation is 2. The Morgan fingerprint density at radius 2 is 1.68 bits per heavy atom. The first-order valence-corrected chi connectivity index (χ1v) is 8.84. The third-order valence-corrected chi connectivity index (χ3v) is 5.49. The van der Waals surface area contributed by atoms with Gasteiger partial charge < -0.3 is 4.90 Å². The second kappa shape index (κ2) is 5.88. The molecule has 1 amide bonds. The molecule has 0 saturated carbocycles. The van der Waals surface area contributed by atoms with E-state index in [4.69, 9.17) is 0 Å². The number of hydrogen-bond donors (Lipinski definition) is 0. The quantitative estimate of drug-likeness (QED) is 0.799. The molecule has 0 saturated heterocycles. The number of nitrogens with zero attached hydrogens (tertiary/aromatic N) is 1. The maximum Gasteiger partial charge on any atom is 0.264 e. The highest BCUT2D eigenvalue weighted by molar-refractivity contribution is 7.17. The van der Waals surface area contributed by atoms with E-state index in [0.717, 1.165) is 17.7 Å². The van der Waals surface area contributed by atoms with Gasteiger partial charge in [-0.1, -0.05) is 24.3 Å². The van der Waals surface area contributed by atoms with Crippen LogP contribution in [0.5, 0.6) is 0 Å². The molecule has 116 valence electrons. The zero-order valence-electron chi connectivity index (χ0n) is 13.7. The van der Waals surface area contributed by atoms with Crippen molar-refractivity contribution in [1.29, 1.82) is 0 Å². The summed E-state index contributed by atoms with van der Waals surface area (Å²) < 4.78 is 0. The van der Waals surface area contributed by atoms with E-state index in [0.29, 0.717) is 0 Å². The van der Waals surface area contributed by atoms with Gasteiger partial charge in [0.15, 0.2) is 0 Å². The summed E-state index contributed by atoms with van der Waals surface area (Å²) in [6, 6.07) is 11.1. The van der Waals surface area contributed by atoms with Crippen LogP contribution < -0.4 is 0 Å². The van der Waals surface area contributed by atoms with Crippen molar-refractivity contribution in [2.45, 2.75) is 52.6 Å². The zero-order valence-corrected chi connectivity index (χ0v) is 14.5. The fraction of sp³-hybridized carbons (Fsp3) is 0.421. The molecule has 1 heterocycles. The highest BCUT2D eigenvalue weighted by atomic mass is 32.1. The topological polar surface area (TPSA) is 20.3 Å². The van der Waals surface area contributed by atoms with Crippen molar-refractivity contribution >= 4 is 17.2 Å². The SMILES string of the molecule is CC(C)N(C(=O)c1cc2c(s1)-c1ccccc1CC2)C(C)C. The number of rotatable bonds is 3. The number of carbonyl (C=O) groups excluding carboxylic acids is 1. The second-order valence-corrected chi connectivity index (χ2v) is 7.57. The third-order valence-electron chi connectivity index (χ3n) is 4.29. The maximum atomic E-state index is 12.9. The smallest absolute Gasteiger partial charge is 0.264 e. The van der Waals surface area contributed by atoms with Crippen LogP contribution in [0.25, 0.3) is 10.4 Å². The highest BCUT2D eigenvalue weighted by Crippen LogP contribution is 2.40. The van der Waals surface area contributed by atoms with Gasteiger partial charge in [-0.2, -0.15) is 0 Å². The monoisotopic (exact) mass is 313 g/mol. The number of benzene rings is 1. The lowest BCUT2D eigenvalue weighted by Gasteiger charge is -2.30. The summed E-state index contributed by atoms with van der Waals surface area (Å²) >= 11 is 1.66. The molecule has 0 atom stereocenters. The molecule has 3 rings (SSSR count). The number of carbonyl (C=O) groups is 1.